The number of hydrogen-bond acceptors (Lipinski definition) is 6. The summed E-state index contributed by atoms with van der Waals surface area (Å²) < 4.78 is 31.0. The molecule has 2 N–H and O–H groups in total. The first-order chi connectivity index (χ1) is 8.62. The molecule has 2 aromatic rings. The van der Waals surface area contributed by atoms with Crippen molar-refractivity contribution in [3.8, 4) is 0 Å². The van der Waals surface area contributed by atoms with E-state index < -0.39 is 10.0 Å². The maximum atomic E-state index is 12.0. The molecule has 2 rings (SSSR count). The summed E-state index contributed by atoms with van der Waals surface area (Å²) in [6.07, 6.45) is 2.81. The molecule has 0 fully saturated rings. The van der Waals surface area contributed by atoms with Crippen molar-refractivity contribution < 1.29 is 12.9 Å². The largest absolute Gasteiger partial charge is 0.373 e. The summed E-state index contributed by atoms with van der Waals surface area (Å²) in [6, 6.07) is 4.46. The van der Waals surface area contributed by atoms with Gasteiger partial charge in [0.25, 0.3) is 0 Å². The van der Waals surface area contributed by atoms with Crippen molar-refractivity contribution in [1.29, 1.82) is 0 Å². The van der Waals surface area contributed by atoms with Crippen LogP contribution in [-0.4, -0.2) is 25.6 Å². The van der Waals surface area contributed by atoms with Crippen molar-refractivity contribution in [2.24, 2.45) is 0 Å². The average Bonchev–Trinajstić information content (AvgIpc) is 2.90. The number of hydrogen-bond donors (Lipinski definition) is 2. The van der Waals surface area contributed by atoms with Crippen molar-refractivity contribution in [1.82, 2.24) is 14.9 Å². The molecule has 18 heavy (non-hydrogen) atoms. The van der Waals surface area contributed by atoms with Crippen LogP contribution >= 0.6 is 0 Å². The van der Waals surface area contributed by atoms with Crippen LogP contribution in [-0.2, 0) is 16.6 Å². The van der Waals surface area contributed by atoms with Crippen LogP contribution in [0.1, 0.15) is 5.69 Å². The van der Waals surface area contributed by atoms with Crippen molar-refractivity contribution in [3.63, 3.8) is 0 Å². The summed E-state index contributed by atoms with van der Waals surface area (Å²) in [5, 5.41) is 6.40. The van der Waals surface area contributed by atoms with Gasteiger partial charge in [-0.2, -0.15) is 0 Å². The third-order valence-electron chi connectivity index (χ3n) is 2.23. The van der Waals surface area contributed by atoms with Crippen LogP contribution in [0.5, 0.6) is 0 Å². The van der Waals surface area contributed by atoms with E-state index in [0.717, 1.165) is 0 Å². The molecule has 7 nitrogen and oxygen atoms in total. The van der Waals surface area contributed by atoms with E-state index in [9.17, 15) is 8.42 Å². The van der Waals surface area contributed by atoms with Crippen LogP contribution in [0, 0.1) is 0 Å². The standard InChI is InChI=1S/C10H12N4O3S/c1-11-10-6-9(2-4-12-10)18(15,16)13-7-8-3-5-17-14-8/h2-6,13H,7H2,1H3,(H,11,12). The van der Waals surface area contributed by atoms with E-state index in [1.807, 2.05) is 0 Å². The lowest BCUT2D eigenvalue weighted by molar-refractivity contribution is 0.411. The predicted molar refractivity (Wildman–Crippen MR) is 64.3 cm³/mol. The molecule has 0 spiro atoms. The van der Waals surface area contributed by atoms with Gasteiger partial charge in [-0.25, -0.2) is 18.1 Å². The first-order valence-electron chi connectivity index (χ1n) is 5.14. The molecule has 0 atom stereocenters. The van der Waals surface area contributed by atoms with Crippen LogP contribution in [0.25, 0.3) is 0 Å². The smallest absolute Gasteiger partial charge is 0.241 e. The highest BCUT2D eigenvalue weighted by Crippen LogP contribution is 2.12. The lowest BCUT2D eigenvalue weighted by atomic mass is 10.4. The van der Waals surface area contributed by atoms with Gasteiger partial charge in [0.05, 0.1) is 17.1 Å². The fourth-order valence-electron chi connectivity index (χ4n) is 1.30. The van der Waals surface area contributed by atoms with Gasteiger partial charge in [0, 0.05) is 25.4 Å². The number of nitrogens with zero attached hydrogens (tertiary/aromatic N) is 2. The number of rotatable bonds is 5. The monoisotopic (exact) mass is 268 g/mol. The highest BCUT2D eigenvalue weighted by atomic mass is 32.2. The molecule has 0 saturated heterocycles. The van der Waals surface area contributed by atoms with Crippen LogP contribution in [0.15, 0.2) is 40.1 Å². The minimum Gasteiger partial charge on any atom is -0.373 e. The van der Waals surface area contributed by atoms with Crippen LogP contribution in [0.3, 0.4) is 0 Å². The zero-order valence-electron chi connectivity index (χ0n) is 9.62. The normalized spacial score (nSPS) is 11.4. The molecule has 0 aliphatic rings. The summed E-state index contributed by atoms with van der Waals surface area (Å²) >= 11 is 0. The lowest BCUT2D eigenvalue weighted by Gasteiger charge is -2.06. The first kappa shape index (κ1) is 12.5. The van der Waals surface area contributed by atoms with Crippen molar-refractivity contribution >= 4 is 15.8 Å². The quantitative estimate of drug-likeness (QED) is 0.823. The summed E-state index contributed by atoms with van der Waals surface area (Å²) in [5.41, 5.74) is 0.515. The topological polar surface area (TPSA) is 97.1 Å². The molecule has 0 amide bonds. The van der Waals surface area contributed by atoms with Gasteiger partial charge in [0.15, 0.2) is 0 Å². The molecule has 2 aromatic heterocycles. The highest BCUT2D eigenvalue weighted by molar-refractivity contribution is 7.89. The van der Waals surface area contributed by atoms with Gasteiger partial charge in [0.1, 0.15) is 12.1 Å². The van der Waals surface area contributed by atoms with Gasteiger partial charge in [-0.3, -0.25) is 0 Å². The third kappa shape index (κ3) is 2.84. The van der Waals surface area contributed by atoms with Gasteiger partial charge in [-0.15, -0.1) is 0 Å². The van der Waals surface area contributed by atoms with Crippen LogP contribution in [0.4, 0.5) is 5.82 Å². The van der Waals surface area contributed by atoms with Gasteiger partial charge >= 0.3 is 0 Å². The second-order valence-electron chi connectivity index (χ2n) is 3.44. The zero-order valence-corrected chi connectivity index (χ0v) is 10.4. The maximum Gasteiger partial charge on any atom is 0.241 e. The Hall–Kier alpha value is -1.93. The Morgan fingerprint density at radius 3 is 2.89 bits per heavy atom. The molecule has 0 unspecified atom stereocenters. The maximum absolute atomic E-state index is 12.0. The van der Waals surface area contributed by atoms with E-state index in [-0.39, 0.29) is 11.4 Å². The summed E-state index contributed by atoms with van der Waals surface area (Å²) in [6.45, 7) is 0.0794. The third-order valence-corrected chi connectivity index (χ3v) is 3.63. The molecule has 2 heterocycles. The number of sulfonamides is 1. The van der Waals surface area contributed by atoms with E-state index in [1.54, 1.807) is 13.1 Å². The van der Waals surface area contributed by atoms with E-state index in [0.29, 0.717) is 11.5 Å². The molecule has 0 bridgehead atoms. The molecule has 0 aromatic carbocycles. The molecule has 96 valence electrons. The molecule has 0 aliphatic heterocycles. The minimum atomic E-state index is -3.58. The lowest BCUT2D eigenvalue weighted by Crippen LogP contribution is -2.23. The number of nitrogens with one attached hydrogen (secondary N) is 2. The molecule has 0 radical (unpaired) electrons. The Labute approximate surface area is 104 Å². The second kappa shape index (κ2) is 5.15. The SMILES string of the molecule is CNc1cc(S(=O)(=O)NCc2ccon2)ccn1. The van der Waals surface area contributed by atoms with Gasteiger partial charge in [0.2, 0.25) is 10.0 Å². The van der Waals surface area contributed by atoms with Crippen LogP contribution < -0.4 is 10.0 Å². The van der Waals surface area contributed by atoms with Crippen molar-refractivity contribution in [2.75, 3.05) is 12.4 Å². The first-order valence-corrected chi connectivity index (χ1v) is 6.63. The highest BCUT2D eigenvalue weighted by Gasteiger charge is 2.14. The molecule has 0 aliphatic carbocycles. The van der Waals surface area contributed by atoms with Gasteiger partial charge in [-0.05, 0) is 6.07 Å². The van der Waals surface area contributed by atoms with Crippen molar-refractivity contribution in [2.45, 2.75) is 11.4 Å². The summed E-state index contributed by atoms with van der Waals surface area (Å²) in [7, 11) is -1.91. The van der Waals surface area contributed by atoms with E-state index in [2.05, 4.69) is 24.7 Å². The number of aromatic nitrogens is 2. The Bertz CT molecular complexity index is 610. The Balaban J connectivity index is 2.14. The Morgan fingerprint density at radius 1 is 1.39 bits per heavy atom. The molecular formula is C10H12N4O3S. The number of anilines is 1. The Kier molecular flexibility index (Phi) is 3.58. The summed E-state index contributed by atoms with van der Waals surface area (Å²) in [4.78, 5) is 4.09. The zero-order chi connectivity index (χ0) is 13.0. The van der Waals surface area contributed by atoms with E-state index in [4.69, 9.17) is 0 Å². The van der Waals surface area contributed by atoms with Gasteiger partial charge in [-0.1, -0.05) is 5.16 Å². The average molecular weight is 268 g/mol. The second-order valence-corrected chi connectivity index (χ2v) is 5.21. The van der Waals surface area contributed by atoms with E-state index in [1.165, 1.54) is 24.6 Å². The van der Waals surface area contributed by atoms with Crippen LogP contribution in [0.2, 0.25) is 0 Å². The Morgan fingerprint density at radius 2 is 2.22 bits per heavy atom. The summed E-state index contributed by atoms with van der Waals surface area (Å²) in [5.74, 6) is 0.485. The van der Waals surface area contributed by atoms with E-state index >= 15 is 0 Å². The molecular weight excluding hydrogens is 256 g/mol. The number of pyridine rings is 1. The molecule has 8 heteroatoms. The fraction of sp³-hybridized carbons (Fsp3) is 0.200. The minimum absolute atomic E-state index is 0.0794. The van der Waals surface area contributed by atoms with Crippen molar-refractivity contribution in [3.05, 3.63) is 36.4 Å². The predicted octanol–water partition coefficient (Wildman–Crippen LogP) is 0.590. The molecule has 0 saturated carbocycles. The van der Waals surface area contributed by atoms with Gasteiger partial charge < -0.3 is 9.84 Å². The fourth-order valence-corrected chi connectivity index (χ4v) is 2.31.